The van der Waals surface area contributed by atoms with Gasteiger partial charge >= 0.3 is 0 Å². The van der Waals surface area contributed by atoms with Crippen LogP contribution in [-0.2, 0) is 6.42 Å². The predicted octanol–water partition coefficient (Wildman–Crippen LogP) is 2.26. The summed E-state index contributed by atoms with van der Waals surface area (Å²) in [7, 11) is 2.17. The Morgan fingerprint density at radius 2 is 1.94 bits per heavy atom. The van der Waals surface area contributed by atoms with E-state index in [0.717, 1.165) is 5.56 Å². The fourth-order valence-electron chi connectivity index (χ4n) is 2.20. The van der Waals surface area contributed by atoms with Crippen LogP contribution in [0.2, 0.25) is 0 Å². The van der Waals surface area contributed by atoms with Gasteiger partial charge in [0.1, 0.15) is 0 Å². The molecule has 1 aromatic carbocycles. The Morgan fingerprint density at radius 1 is 1.29 bits per heavy atom. The Labute approximate surface area is 103 Å². The van der Waals surface area contributed by atoms with Gasteiger partial charge in [-0.05, 0) is 50.7 Å². The third-order valence-electron chi connectivity index (χ3n) is 3.33. The van der Waals surface area contributed by atoms with Crippen molar-refractivity contribution in [1.29, 1.82) is 5.26 Å². The number of benzene rings is 1. The number of hydrogen-bond donors (Lipinski definition) is 1. The molecule has 3 nitrogen and oxygen atoms in total. The molecule has 0 bridgehead atoms. The third kappa shape index (κ3) is 3.47. The normalized spacial score (nSPS) is 17.6. The molecule has 0 aromatic heterocycles. The lowest BCUT2D eigenvalue weighted by Crippen LogP contribution is -2.36. The van der Waals surface area contributed by atoms with Crippen molar-refractivity contribution in [3.63, 3.8) is 0 Å². The molecule has 0 saturated carbocycles. The van der Waals surface area contributed by atoms with Crippen molar-refractivity contribution in [2.75, 3.05) is 25.5 Å². The minimum absolute atomic E-state index is 0.495. The molecule has 0 unspecified atom stereocenters. The van der Waals surface area contributed by atoms with Crippen molar-refractivity contribution in [1.82, 2.24) is 4.90 Å². The van der Waals surface area contributed by atoms with Crippen LogP contribution in [0.4, 0.5) is 5.69 Å². The summed E-state index contributed by atoms with van der Waals surface area (Å²) in [5.74, 6) is 0. The molecular formula is C14H19N3. The van der Waals surface area contributed by atoms with Crippen molar-refractivity contribution >= 4 is 5.69 Å². The molecule has 0 spiro atoms. The zero-order valence-electron chi connectivity index (χ0n) is 10.3. The van der Waals surface area contributed by atoms with Crippen molar-refractivity contribution < 1.29 is 0 Å². The second-order valence-electron chi connectivity index (χ2n) is 4.75. The fraction of sp³-hybridized carbons (Fsp3) is 0.500. The monoisotopic (exact) mass is 229 g/mol. The number of rotatable bonds is 3. The van der Waals surface area contributed by atoms with Crippen LogP contribution < -0.4 is 5.32 Å². The van der Waals surface area contributed by atoms with E-state index in [2.05, 4.69) is 35.5 Å². The molecule has 3 heteroatoms. The largest absolute Gasteiger partial charge is 0.382 e. The quantitative estimate of drug-likeness (QED) is 0.864. The first kappa shape index (κ1) is 11.9. The highest BCUT2D eigenvalue weighted by Gasteiger charge is 2.15. The number of hydrogen-bond acceptors (Lipinski definition) is 3. The molecule has 1 aromatic rings. The van der Waals surface area contributed by atoms with E-state index in [1.54, 1.807) is 0 Å². The summed E-state index contributed by atoms with van der Waals surface area (Å²) in [6, 6.07) is 11.0. The van der Waals surface area contributed by atoms with Gasteiger partial charge in [0, 0.05) is 11.7 Å². The molecule has 0 radical (unpaired) electrons. The zero-order valence-corrected chi connectivity index (χ0v) is 10.3. The second kappa shape index (κ2) is 5.70. The van der Waals surface area contributed by atoms with Gasteiger partial charge < -0.3 is 10.2 Å². The number of nitriles is 1. The minimum atomic E-state index is 0.495. The van der Waals surface area contributed by atoms with Crippen LogP contribution in [0.25, 0.3) is 0 Å². The molecule has 1 N–H and O–H groups in total. The summed E-state index contributed by atoms with van der Waals surface area (Å²) in [4.78, 5) is 2.37. The first-order valence-corrected chi connectivity index (χ1v) is 6.19. The van der Waals surface area contributed by atoms with Gasteiger partial charge in [0.2, 0.25) is 0 Å². The SMILES string of the molecule is CN1CCC(Nc2ccc(CC#N)cc2)CC1. The van der Waals surface area contributed by atoms with Crippen LogP contribution in [0, 0.1) is 11.3 Å². The fourth-order valence-corrected chi connectivity index (χ4v) is 2.20. The first-order chi connectivity index (χ1) is 8.28. The number of nitrogens with zero attached hydrogens (tertiary/aromatic N) is 2. The van der Waals surface area contributed by atoms with Crippen molar-refractivity contribution in [2.24, 2.45) is 0 Å². The molecule has 1 heterocycles. The highest BCUT2D eigenvalue weighted by molar-refractivity contribution is 5.45. The van der Waals surface area contributed by atoms with E-state index in [-0.39, 0.29) is 0 Å². The molecule has 1 fully saturated rings. The number of nitrogens with one attached hydrogen (secondary N) is 1. The standard InChI is InChI=1S/C14H19N3/c1-17-10-7-14(8-11-17)16-13-4-2-12(3-5-13)6-9-15/h2-5,14,16H,6-8,10-11H2,1H3. The van der Waals surface area contributed by atoms with Crippen molar-refractivity contribution in [3.8, 4) is 6.07 Å². The lowest BCUT2D eigenvalue weighted by Gasteiger charge is -2.30. The van der Waals surface area contributed by atoms with Crippen molar-refractivity contribution in [3.05, 3.63) is 29.8 Å². The Kier molecular flexibility index (Phi) is 4.00. The lowest BCUT2D eigenvalue weighted by atomic mass is 10.0. The summed E-state index contributed by atoms with van der Waals surface area (Å²) in [6.45, 7) is 2.34. The van der Waals surface area contributed by atoms with Gasteiger partial charge in [0.15, 0.2) is 0 Å². The number of likely N-dealkylation sites (tertiary alicyclic amines) is 1. The molecule has 0 atom stereocenters. The molecule has 1 aliphatic rings. The minimum Gasteiger partial charge on any atom is -0.382 e. The van der Waals surface area contributed by atoms with Gasteiger partial charge in [-0.2, -0.15) is 5.26 Å². The number of piperidine rings is 1. The smallest absolute Gasteiger partial charge is 0.0669 e. The van der Waals surface area contributed by atoms with Gasteiger partial charge in [-0.1, -0.05) is 12.1 Å². The second-order valence-corrected chi connectivity index (χ2v) is 4.75. The van der Waals surface area contributed by atoms with Gasteiger partial charge in [-0.15, -0.1) is 0 Å². The first-order valence-electron chi connectivity index (χ1n) is 6.19. The Hall–Kier alpha value is -1.53. The molecule has 0 aliphatic carbocycles. The predicted molar refractivity (Wildman–Crippen MR) is 69.9 cm³/mol. The molecule has 0 amide bonds. The highest BCUT2D eigenvalue weighted by Crippen LogP contribution is 2.16. The maximum atomic E-state index is 8.60. The van der Waals surface area contributed by atoms with Gasteiger partial charge in [0.25, 0.3) is 0 Å². The summed E-state index contributed by atoms with van der Waals surface area (Å²) >= 11 is 0. The van der Waals surface area contributed by atoms with E-state index >= 15 is 0 Å². The van der Waals surface area contributed by atoms with E-state index in [1.165, 1.54) is 31.6 Å². The van der Waals surface area contributed by atoms with E-state index in [1.807, 2.05) is 12.1 Å². The van der Waals surface area contributed by atoms with E-state index in [4.69, 9.17) is 5.26 Å². The summed E-state index contributed by atoms with van der Waals surface area (Å²) in [5.41, 5.74) is 2.25. The van der Waals surface area contributed by atoms with E-state index in [0.29, 0.717) is 12.5 Å². The topological polar surface area (TPSA) is 39.1 Å². The lowest BCUT2D eigenvalue weighted by molar-refractivity contribution is 0.264. The average molecular weight is 229 g/mol. The Balaban J connectivity index is 1.88. The van der Waals surface area contributed by atoms with Crippen LogP contribution in [0.15, 0.2) is 24.3 Å². The summed E-state index contributed by atoms with van der Waals surface area (Å²) in [5, 5.41) is 12.2. The average Bonchev–Trinajstić information content (AvgIpc) is 2.35. The summed E-state index contributed by atoms with van der Waals surface area (Å²) < 4.78 is 0. The summed E-state index contributed by atoms with van der Waals surface area (Å²) in [6.07, 6.45) is 2.90. The van der Waals surface area contributed by atoms with Gasteiger partial charge in [-0.3, -0.25) is 0 Å². The third-order valence-corrected chi connectivity index (χ3v) is 3.33. The molecule has 17 heavy (non-hydrogen) atoms. The zero-order chi connectivity index (χ0) is 12.1. The molecule has 2 rings (SSSR count). The number of anilines is 1. The van der Waals surface area contributed by atoms with Crippen LogP contribution in [0.5, 0.6) is 0 Å². The highest BCUT2D eigenvalue weighted by atomic mass is 15.1. The molecule has 1 aliphatic heterocycles. The van der Waals surface area contributed by atoms with Crippen LogP contribution >= 0.6 is 0 Å². The maximum absolute atomic E-state index is 8.60. The van der Waals surface area contributed by atoms with Crippen LogP contribution in [0.3, 0.4) is 0 Å². The Morgan fingerprint density at radius 3 is 2.53 bits per heavy atom. The molecular weight excluding hydrogens is 210 g/mol. The van der Waals surface area contributed by atoms with Crippen molar-refractivity contribution in [2.45, 2.75) is 25.3 Å². The van der Waals surface area contributed by atoms with Gasteiger partial charge in [-0.25, -0.2) is 0 Å². The van der Waals surface area contributed by atoms with E-state index in [9.17, 15) is 0 Å². The van der Waals surface area contributed by atoms with E-state index < -0.39 is 0 Å². The maximum Gasteiger partial charge on any atom is 0.0669 e. The van der Waals surface area contributed by atoms with Crippen LogP contribution in [-0.4, -0.2) is 31.1 Å². The van der Waals surface area contributed by atoms with Crippen LogP contribution in [0.1, 0.15) is 18.4 Å². The molecule has 1 saturated heterocycles. The Bertz CT molecular complexity index is 383. The van der Waals surface area contributed by atoms with Gasteiger partial charge in [0.05, 0.1) is 12.5 Å². The molecule has 90 valence electrons.